The molecule has 12 heteroatoms. The molecule has 2 rings (SSSR count). The maximum atomic E-state index is 12.3. The lowest BCUT2D eigenvalue weighted by atomic mass is 10.3. The predicted octanol–water partition coefficient (Wildman–Crippen LogP) is 2.11. The number of urea groups is 1. The summed E-state index contributed by atoms with van der Waals surface area (Å²) in [6, 6.07) is 4.21. The van der Waals surface area contributed by atoms with E-state index >= 15 is 0 Å². The topological polar surface area (TPSA) is 93.2 Å². The molecule has 8 nitrogen and oxygen atoms in total. The Bertz CT molecular complexity index is 795. The number of nitrogens with zero attached hydrogens (tertiary/aromatic N) is 2. The van der Waals surface area contributed by atoms with Crippen molar-refractivity contribution in [1.82, 2.24) is 4.90 Å². The highest BCUT2D eigenvalue weighted by Crippen LogP contribution is 2.29. The fourth-order valence-electron chi connectivity index (χ4n) is 2.34. The lowest BCUT2D eigenvalue weighted by molar-refractivity contribution is -0.143. The van der Waals surface area contributed by atoms with Crippen molar-refractivity contribution in [1.29, 1.82) is 0 Å². The monoisotopic (exact) mass is 410 g/mol. The largest absolute Gasteiger partial charge is 0.534 e. The van der Waals surface area contributed by atoms with Gasteiger partial charge in [-0.2, -0.15) is 21.6 Å². The third-order valence-corrected chi connectivity index (χ3v) is 4.60. The summed E-state index contributed by atoms with van der Waals surface area (Å²) in [7, 11) is -5.76. The number of benzene rings is 1. The van der Waals surface area contributed by atoms with Crippen LogP contribution in [0, 0.1) is 0 Å². The number of amides is 2. The maximum Gasteiger partial charge on any atom is 0.534 e. The Morgan fingerprint density at radius 3 is 2.37 bits per heavy atom. The second kappa shape index (κ2) is 8.03. The zero-order valence-electron chi connectivity index (χ0n) is 14.2. The Labute approximate surface area is 153 Å². The first-order valence-corrected chi connectivity index (χ1v) is 9.29. The molecule has 2 amide bonds. The van der Waals surface area contributed by atoms with E-state index in [2.05, 4.69) is 4.18 Å². The smallest absolute Gasteiger partial charge is 0.466 e. The van der Waals surface area contributed by atoms with Gasteiger partial charge in [0.05, 0.1) is 13.0 Å². The average Bonchev–Trinajstić information content (AvgIpc) is 2.93. The molecule has 27 heavy (non-hydrogen) atoms. The molecule has 150 valence electrons. The van der Waals surface area contributed by atoms with Crippen LogP contribution >= 0.6 is 0 Å². The molecule has 0 saturated carbocycles. The highest BCUT2D eigenvalue weighted by Gasteiger charge is 2.48. The zero-order chi connectivity index (χ0) is 20.2. The summed E-state index contributed by atoms with van der Waals surface area (Å²) < 4.78 is 67.7. The normalized spacial score (nSPS) is 15.2. The Morgan fingerprint density at radius 1 is 1.19 bits per heavy atom. The van der Waals surface area contributed by atoms with Crippen LogP contribution in [0.3, 0.4) is 0 Å². The van der Waals surface area contributed by atoms with E-state index in [4.69, 9.17) is 4.74 Å². The Balaban J connectivity index is 1.99. The SMILES string of the molecule is CCOC(=O)CCN1CCN(c2ccc(OS(=O)(=O)C(F)(F)F)cc2)C1=O. The minimum Gasteiger partial charge on any atom is -0.466 e. The van der Waals surface area contributed by atoms with Gasteiger partial charge in [0.2, 0.25) is 0 Å². The molecule has 1 aliphatic heterocycles. The maximum absolute atomic E-state index is 12.3. The number of halogens is 3. The van der Waals surface area contributed by atoms with E-state index in [0.717, 1.165) is 12.1 Å². The van der Waals surface area contributed by atoms with Crippen LogP contribution in [0.15, 0.2) is 24.3 Å². The van der Waals surface area contributed by atoms with Gasteiger partial charge >= 0.3 is 27.6 Å². The minimum absolute atomic E-state index is 0.0511. The lowest BCUT2D eigenvalue weighted by Gasteiger charge is -2.18. The number of anilines is 1. The molecule has 0 atom stereocenters. The summed E-state index contributed by atoms with van der Waals surface area (Å²) in [5.41, 5.74) is -5.17. The predicted molar refractivity (Wildman–Crippen MR) is 87.6 cm³/mol. The summed E-state index contributed by atoms with van der Waals surface area (Å²) in [5, 5.41) is 0. The summed E-state index contributed by atoms with van der Waals surface area (Å²) in [6.45, 7) is 2.77. The van der Waals surface area contributed by atoms with E-state index in [0.29, 0.717) is 18.8 Å². The summed E-state index contributed by atoms with van der Waals surface area (Å²) >= 11 is 0. The molecule has 0 spiro atoms. The van der Waals surface area contributed by atoms with Crippen molar-refractivity contribution in [2.75, 3.05) is 31.1 Å². The van der Waals surface area contributed by atoms with E-state index in [1.54, 1.807) is 6.92 Å². The minimum atomic E-state index is -5.76. The molecule has 0 aliphatic carbocycles. The van der Waals surface area contributed by atoms with Crippen molar-refractivity contribution >= 4 is 27.8 Å². The molecule has 0 N–H and O–H groups in total. The van der Waals surface area contributed by atoms with Gasteiger partial charge in [-0.15, -0.1) is 0 Å². The number of carbonyl (C=O) groups excluding carboxylic acids is 2. The van der Waals surface area contributed by atoms with Gasteiger partial charge in [-0.25, -0.2) is 4.79 Å². The van der Waals surface area contributed by atoms with E-state index < -0.39 is 27.3 Å². The molecule has 1 fully saturated rings. The van der Waals surface area contributed by atoms with Crippen molar-refractivity contribution < 1.29 is 40.1 Å². The quantitative estimate of drug-likeness (QED) is 0.388. The number of ether oxygens (including phenoxy) is 1. The van der Waals surface area contributed by atoms with Crippen molar-refractivity contribution in [3.8, 4) is 5.75 Å². The van der Waals surface area contributed by atoms with E-state index in [1.807, 2.05) is 0 Å². The second-order valence-electron chi connectivity index (χ2n) is 5.45. The van der Waals surface area contributed by atoms with Gasteiger partial charge in [0.15, 0.2) is 0 Å². The first-order valence-electron chi connectivity index (χ1n) is 7.88. The molecule has 0 aromatic heterocycles. The van der Waals surface area contributed by atoms with Crippen molar-refractivity contribution in [3.05, 3.63) is 24.3 Å². The van der Waals surface area contributed by atoms with Crippen LogP contribution in [-0.4, -0.2) is 57.1 Å². The van der Waals surface area contributed by atoms with Gasteiger partial charge in [0.25, 0.3) is 0 Å². The van der Waals surface area contributed by atoms with Crippen molar-refractivity contribution in [2.24, 2.45) is 0 Å². The molecular weight excluding hydrogens is 393 g/mol. The summed E-state index contributed by atoms with van der Waals surface area (Å²) in [5.74, 6) is -0.946. The van der Waals surface area contributed by atoms with Crippen molar-refractivity contribution in [2.45, 2.75) is 18.9 Å². The van der Waals surface area contributed by atoms with Gasteiger partial charge in [-0.1, -0.05) is 0 Å². The Hall–Kier alpha value is -2.50. The van der Waals surface area contributed by atoms with Crippen LogP contribution in [0.4, 0.5) is 23.7 Å². The van der Waals surface area contributed by atoms with Gasteiger partial charge in [-0.05, 0) is 31.2 Å². The van der Waals surface area contributed by atoms with Crippen LogP contribution in [0.5, 0.6) is 5.75 Å². The first-order chi connectivity index (χ1) is 12.5. The number of hydrogen-bond acceptors (Lipinski definition) is 6. The molecule has 0 bridgehead atoms. The van der Waals surface area contributed by atoms with Crippen LogP contribution in [0.1, 0.15) is 13.3 Å². The number of hydrogen-bond donors (Lipinski definition) is 0. The molecule has 1 saturated heterocycles. The number of carbonyl (C=O) groups is 2. The molecule has 1 heterocycles. The molecular formula is C15H17F3N2O6S. The number of esters is 1. The highest BCUT2D eigenvalue weighted by molar-refractivity contribution is 7.88. The summed E-state index contributed by atoms with van der Waals surface area (Å²) in [4.78, 5) is 26.5. The fourth-order valence-corrected chi connectivity index (χ4v) is 2.80. The number of rotatable bonds is 7. The average molecular weight is 410 g/mol. The lowest BCUT2D eigenvalue weighted by Crippen LogP contribution is -2.33. The van der Waals surface area contributed by atoms with Crippen LogP contribution in [-0.2, 0) is 19.6 Å². The first kappa shape index (κ1) is 20.8. The molecule has 0 radical (unpaired) electrons. The highest BCUT2D eigenvalue weighted by atomic mass is 32.2. The molecule has 1 aromatic rings. The third-order valence-electron chi connectivity index (χ3n) is 3.62. The third kappa shape index (κ3) is 5.02. The van der Waals surface area contributed by atoms with Gasteiger partial charge < -0.3 is 13.8 Å². The van der Waals surface area contributed by atoms with E-state index in [9.17, 15) is 31.2 Å². The van der Waals surface area contributed by atoms with Crippen molar-refractivity contribution in [3.63, 3.8) is 0 Å². The molecule has 1 aliphatic rings. The van der Waals surface area contributed by atoms with Crippen LogP contribution in [0.25, 0.3) is 0 Å². The van der Waals surface area contributed by atoms with Crippen LogP contribution < -0.4 is 9.08 Å². The van der Waals surface area contributed by atoms with Gasteiger partial charge in [-0.3, -0.25) is 9.69 Å². The Kier molecular flexibility index (Phi) is 6.19. The Morgan fingerprint density at radius 2 is 1.81 bits per heavy atom. The zero-order valence-corrected chi connectivity index (χ0v) is 15.0. The van der Waals surface area contributed by atoms with Crippen LogP contribution in [0.2, 0.25) is 0 Å². The summed E-state index contributed by atoms with van der Waals surface area (Å²) in [6.07, 6.45) is 0.0511. The number of alkyl halides is 3. The molecule has 1 aromatic carbocycles. The van der Waals surface area contributed by atoms with E-state index in [1.165, 1.54) is 21.9 Å². The van der Waals surface area contributed by atoms with Gasteiger partial charge in [0, 0.05) is 25.3 Å². The standard InChI is InChI=1S/C15H17F3N2O6S/c1-2-25-13(21)7-8-19-9-10-20(14(19)22)11-3-5-12(6-4-11)26-27(23,24)15(16,17)18/h3-6H,2,7-10H2,1H3. The second-order valence-corrected chi connectivity index (χ2v) is 6.99. The van der Waals surface area contributed by atoms with Gasteiger partial charge in [0.1, 0.15) is 5.75 Å². The molecule has 0 unspecified atom stereocenters. The van der Waals surface area contributed by atoms with E-state index in [-0.39, 0.29) is 25.6 Å². The fraction of sp³-hybridized carbons (Fsp3) is 0.467.